The van der Waals surface area contributed by atoms with E-state index in [1.807, 2.05) is 36.4 Å². The molecule has 6 nitrogen and oxygen atoms in total. The lowest BCUT2D eigenvalue weighted by Gasteiger charge is -2.28. The van der Waals surface area contributed by atoms with Crippen LogP contribution in [0, 0.1) is 35.1 Å². The molecule has 12 rings (SSSR count). The second kappa shape index (κ2) is 33.9. The third-order valence-corrected chi connectivity index (χ3v) is 21.0. The predicted molar refractivity (Wildman–Crippen MR) is 399 cm³/mol. The van der Waals surface area contributed by atoms with Gasteiger partial charge in [-0.25, -0.2) is 27.2 Å². The average Bonchev–Trinajstić information content (AvgIpc) is 0.740. The van der Waals surface area contributed by atoms with Crippen LogP contribution in [0.1, 0.15) is 213 Å². The van der Waals surface area contributed by atoms with E-state index < -0.39 is 46.3 Å². The number of hydrogen-bond acceptors (Lipinski definition) is 6. The highest BCUT2D eigenvalue weighted by Crippen LogP contribution is 2.49. The molecule has 0 amide bonds. The van der Waals surface area contributed by atoms with Gasteiger partial charge in [-0.1, -0.05) is 214 Å². The van der Waals surface area contributed by atoms with Crippen LogP contribution in [-0.4, -0.2) is 25.2 Å². The Morgan fingerprint density at radius 3 is 1.04 bits per heavy atom. The average molecular weight is 1350 g/mol. The zero-order valence-electron chi connectivity index (χ0n) is 58.6. The van der Waals surface area contributed by atoms with Crippen molar-refractivity contribution in [3.05, 3.63) is 228 Å². The van der Waals surface area contributed by atoms with Gasteiger partial charge >= 0.3 is 11.9 Å². The molecule has 10 aromatic rings. The molecular formula is C90H94F4O6. The maximum Gasteiger partial charge on any atom is 0.349 e. The number of benzene rings is 10. The van der Waals surface area contributed by atoms with Crippen molar-refractivity contribution in [3.8, 4) is 78.6 Å². The summed E-state index contributed by atoms with van der Waals surface area (Å²) in [4.78, 5) is 29.5. The highest BCUT2D eigenvalue weighted by Gasteiger charge is 2.30. The van der Waals surface area contributed by atoms with Crippen LogP contribution in [0.2, 0.25) is 0 Å². The smallest absolute Gasteiger partial charge is 0.349 e. The van der Waals surface area contributed by atoms with E-state index in [9.17, 15) is 9.59 Å². The minimum Gasteiger partial charge on any atom is -0.494 e. The van der Waals surface area contributed by atoms with Gasteiger partial charge in [0.1, 0.15) is 57.4 Å². The van der Waals surface area contributed by atoms with E-state index >= 15 is 17.6 Å². The highest BCUT2D eigenvalue weighted by atomic mass is 19.1. The zero-order chi connectivity index (χ0) is 69.5. The van der Waals surface area contributed by atoms with E-state index in [-0.39, 0.29) is 33.8 Å². The van der Waals surface area contributed by atoms with E-state index in [1.54, 1.807) is 72.8 Å². The molecule has 2 saturated carbocycles. The highest BCUT2D eigenvalue weighted by molar-refractivity contribution is 6.12. The molecule has 10 heteroatoms. The molecule has 0 N–H and O–H groups in total. The minimum atomic E-state index is -1.32. The summed E-state index contributed by atoms with van der Waals surface area (Å²) in [6.45, 7) is 9.98. The Morgan fingerprint density at radius 1 is 0.340 bits per heavy atom. The summed E-state index contributed by atoms with van der Waals surface area (Å²) in [5, 5.41) is 2.42. The monoisotopic (exact) mass is 1350 g/mol. The maximum atomic E-state index is 16.7. The van der Waals surface area contributed by atoms with Crippen molar-refractivity contribution in [2.75, 3.05) is 13.2 Å². The molecule has 0 aromatic heterocycles. The summed E-state index contributed by atoms with van der Waals surface area (Å²) < 4.78 is 91.2. The van der Waals surface area contributed by atoms with Crippen molar-refractivity contribution >= 4 is 33.5 Å². The standard InChI is InChI=1S/C90H94F4O6/c1-5-9-11-13-14-16-52-98-76-45-37-68(38-46-76)74-57-81(93)88(82(94)58-74)90(96)100-84-50-42-72-54-70(66-33-29-64(30-34-66)62-25-21-60(18-8-4)22-26-62)40-48-78(72)86(84)85-77-47-39-69(65-31-27-63(28-32-65)61-23-19-59(17-7-3)20-24-61)53-71(77)41-49-83(85)99-89(95)87-79(91)55-73(56-80(87)92)67-35-43-75(44-36-67)97-51-15-12-10-6-2/h27-50,53-62H,5-26,51-52H2,1-4H3. The fraction of sp³-hybridized carbons (Fsp3) is 0.356. The van der Waals surface area contributed by atoms with E-state index in [0.29, 0.717) is 69.2 Å². The molecule has 0 heterocycles. The van der Waals surface area contributed by atoms with Crippen LogP contribution in [-0.2, 0) is 0 Å². The molecule has 2 fully saturated rings. The van der Waals surface area contributed by atoms with Gasteiger partial charge in [0.15, 0.2) is 0 Å². The van der Waals surface area contributed by atoms with Crippen molar-refractivity contribution in [2.45, 2.75) is 181 Å². The molecule has 0 aliphatic heterocycles. The van der Waals surface area contributed by atoms with Crippen LogP contribution in [0.15, 0.2) is 182 Å². The molecule has 0 bridgehead atoms. The molecular weight excluding hydrogens is 1250 g/mol. The summed E-state index contributed by atoms with van der Waals surface area (Å²) in [5.41, 5.74) is 6.49. The maximum absolute atomic E-state index is 16.7. The van der Waals surface area contributed by atoms with Crippen molar-refractivity contribution < 1.29 is 46.1 Å². The van der Waals surface area contributed by atoms with Crippen LogP contribution in [0.4, 0.5) is 17.6 Å². The van der Waals surface area contributed by atoms with Gasteiger partial charge in [0.25, 0.3) is 0 Å². The molecule has 0 atom stereocenters. The van der Waals surface area contributed by atoms with Crippen LogP contribution >= 0.6 is 0 Å². The fourth-order valence-corrected chi connectivity index (χ4v) is 15.4. The Kier molecular flexibility index (Phi) is 24.0. The topological polar surface area (TPSA) is 71.1 Å². The van der Waals surface area contributed by atoms with Gasteiger partial charge in [-0.05, 0) is 238 Å². The predicted octanol–water partition coefficient (Wildman–Crippen LogP) is 26.2. The number of rotatable bonds is 29. The number of esters is 2. The number of fused-ring (bicyclic) bond motifs is 2. The van der Waals surface area contributed by atoms with Crippen LogP contribution < -0.4 is 18.9 Å². The van der Waals surface area contributed by atoms with Crippen LogP contribution in [0.3, 0.4) is 0 Å². The SMILES string of the molecule is CCCCCCCCOc1ccc(-c2cc(F)c(C(=O)Oc3ccc4cc(-c5ccc(C6CCC(CCC)CC6)cc5)ccc4c3-c3c(OC(=O)c4c(F)cc(-c5ccc(OCCCCCC)cc5)cc4F)ccc4cc(-c5ccc(C6CCC(CCC)CC6)cc5)ccc34)c(F)c2)cc1. The van der Waals surface area contributed by atoms with E-state index in [4.69, 9.17) is 18.9 Å². The normalized spacial score (nSPS) is 16.2. The first-order valence-electron chi connectivity index (χ1n) is 37.1. The summed E-state index contributed by atoms with van der Waals surface area (Å²) in [5.74, 6) is -3.57. The second-order valence-corrected chi connectivity index (χ2v) is 28.0. The van der Waals surface area contributed by atoms with Crippen molar-refractivity contribution in [3.63, 3.8) is 0 Å². The molecule has 518 valence electrons. The minimum absolute atomic E-state index is 0.120. The largest absolute Gasteiger partial charge is 0.494 e. The molecule has 0 saturated heterocycles. The summed E-state index contributed by atoms with van der Waals surface area (Å²) >= 11 is 0. The molecule has 2 aliphatic rings. The van der Waals surface area contributed by atoms with Gasteiger partial charge in [-0.2, -0.15) is 0 Å². The Bertz CT molecular complexity index is 4370. The molecule has 2 aliphatic carbocycles. The van der Waals surface area contributed by atoms with Gasteiger partial charge < -0.3 is 18.9 Å². The Labute approximate surface area is 588 Å². The first-order valence-corrected chi connectivity index (χ1v) is 37.1. The van der Waals surface area contributed by atoms with E-state index in [0.717, 1.165) is 103 Å². The second-order valence-electron chi connectivity index (χ2n) is 28.0. The Balaban J connectivity index is 0.922. The fourth-order valence-electron chi connectivity index (χ4n) is 15.4. The Morgan fingerprint density at radius 2 is 0.670 bits per heavy atom. The van der Waals surface area contributed by atoms with E-state index in [2.05, 4.69) is 76.2 Å². The van der Waals surface area contributed by atoms with Gasteiger partial charge in [0.2, 0.25) is 0 Å². The number of unbranched alkanes of at least 4 members (excludes halogenated alkanes) is 8. The van der Waals surface area contributed by atoms with Crippen LogP contribution in [0.5, 0.6) is 23.0 Å². The first kappa shape index (κ1) is 70.8. The molecule has 0 radical (unpaired) electrons. The first-order chi connectivity index (χ1) is 48.9. The van der Waals surface area contributed by atoms with Gasteiger partial charge in [0.05, 0.1) is 13.2 Å². The third kappa shape index (κ3) is 17.1. The zero-order valence-corrected chi connectivity index (χ0v) is 58.6. The third-order valence-electron chi connectivity index (χ3n) is 21.0. The van der Waals surface area contributed by atoms with Crippen molar-refractivity contribution in [1.29, 1.82) is 0 Å². The molecule has 10 aromatic carbocycles. The summed E-state index contributed by atoms with van der Waals surface area (Å²) in [6, 6.07) is 54.3. The van der Waals surface area contributed by atoms with Crippen molar-refractivity contribution in [1.82, 2.24) is 0 Å². The lowest BCUT2D eigenvalue weighted by Crippen LogP contribution is -2.15. The lowest BCUT2D eigenvalue weighted by atomic mass is 9.77. The Hall–Kier alpha value is -9.02. The summed E-state index contributed by atoms with van der Waals surface area (Å²) in [6.07, 6.45) is 25.6. The van der Waals surface area contributed by atoms with Gasteiger partial charge in [-0.15, -0.1) is 0 Å². The van der Waals surface area contributed by atoms with Gasteiger partial charge in [0, 0.05) is 11.1 Å². The number of ether oxygens (including phenoxy) is 4. The molecule has 0 spiro atoms. The van der Waals surface area contributed by atoms with E-state index in [1.165, 1.54) is 107 Å². The number of carbonyl (C=O) groups is 2. The summed E-state index contributed by atoms with van der Waals surface area (Å²) in [7, 11) is 0. The van der Waals surface area contributed by atoms with Gasteiger partial charge in [-0.3, -0.25) is 0 Å². The lowest BCUT2D eigenvalue weighted by molar-refractivity contribution is 0.0712. The van der Waals surface area contributed by atoms with Crippen LogP contribution in [0.25, 0.3) is 77.2 Å². The molecule has 0 unspecified atom stereocenters. The van der Waals surface area contributed by atoms with Crippen molar-refractivity contribution in [2.24, 2.45) is 11.8 Å². The molecule has 100 heavy (non-hydrogen) atoms. The number of carbonyl (C=O) groups excluding carboxylic acids is 2. The number of halogens is 4. The number of hydrogen-bond donors (Lipinski definition) is 0. The quantitative estimate of drug-likeness (QED) is 0.0201.